The third kappa shape index (κ3) is 7.11. The summed E-state index contributed by atoms with van der Waals surface area (Å²) in [5.41, 5.74) is 0. The van der Waals surface area contributed by atoms with Gasteiger partial charge in [-0.3, -0.25) is 4.79 Å². The Bertz CT molecular complexity index is 252. The summed E-state index contributed by atoms with van der Waals surface area (Å²) in [6.45, 7) is 8.11. The van der Waals surface area contributed by atoms with Crippen molar-refractivity contribution in [3.05, 3.63) is 0 Å². The average molecular weight is 295 g/mol. The second-order valence-corrected chi connectivity index (χ2v) is 5.11. The highest BCUT2D eigenvalue weighted by Crippen LogP contribution is 2.15. The first kappa shape index (κ1) is 18.6. The quantitative estimate of drug-likeness (QED) is 0.710. The van der Waals surface area contributed by atoms with E-state index >= 15 is 0 Å². The summed E-state index contributed by atoms with van der Waals surface area (Å²) in [7, 11) is 1.66. The van der Waals surface area contributed by atoms with Crippen molar-refractivity contribution in [1.82, 2.24) is 10.2 Å². The van der Waals surface area contributed by atoms with Crippen molar-refractivity contribution in [2.45, 2.75) is 26.3 Å². The summed E-state index contributed by atoms with van der Waals surface area (Å²) in [5, 5.41) is 3.10. The van der Waals surface area contributed by atoms with Gasteiger partial charge in [0.15, 0.2) is 0 Å². The van der Waals surface area contributed by atoms with Crippen LogP contribution in [0.4, 0.5) is 0 Å². The number of halogens is 1. The van der Waals surface area contributed by atoms with E-state index in [9.17, 15) is 4.79 Å². The van der Waals surface area contributed by atoms with Crippen LogP contribution in [0, 0.1) is 5.92 Å². The van der Waals surface area contributed by atoms with Crippen LogP contribution >= 0.6 is 12.4 Å². The van der Waals surface area contributed by atoms with Gasteiger partial charge in [0.05, 0.1) is 32.4 Å². The molecule has 0 aromatic rings. The van der Waals surface area contributed by atoms with Crippen LogP contribution in [0.15, 0.2) is 0 Å². The standard InChI is InChI=1S/C13H26N2O3.ClH/c1-11(2)8-12-10-18-7-5-15(12)13(16)9-14-4-6-17-3;/h11-12,14H,4-10H2,1-3H3;1H. The molecule has 1 saturated heterocycles. The maximum Gasteiger partial charge on any atom is 0.236 e. The fourth-order valence-corrected chi connectivity index (χ4v) is 2.19. The molecule has 6 heteroatoms. The minimum absolute atomic E-state index is 0. The van der Waals surface area contributed by atoms with E-state index in [1.165, 1.54) is 0 Å². The lowest BCUT2D eigenvalue weighted by Crippen LogP contribution is -2.51. The molecule has 0 bridgehead atoms. The largest absolute Gasteiger partial charge is 0.383 e. The van der Waals surface area contributed by atoms with E-state index in [1.807, 2.05) is 4.90 Å². The summed E-state index contributed by atoms with van der Waals surface area (Å²) >= 11 is 0. The van der Waals surface area contributed by atoms with Gasteiger partial charge in [-0.05, 0) is 12.3 Å². The molecule has 19 heavy (non-hydrogen) atoms. The van der Waals surface area contributed by atoms with Crippen molar-refractivity contribution < 1.29 is 14.3 Å². The van der Waals surface area contributed by atoms with Crippen molar-refractivity contribution in [2.75, 3.05) is 46.6 Å². The SMILES string of the molecule is COCCNCC(=O)N1CCOCC1CC(C)C.Cl. The smallest absolute Gasteiger partial charge is 0.236 e. The Balaban J connectivity index is 0.00000324. The second-order valence-electron chi connectivity index (χ2n) is 5.11. The Labute approximate surface area is 122 Å². The molecule has 1 aliphatic rings. The third-order valence-electron chi connectivity index (χ3n) is 3.05. The van der Waals surface area contributed by atoms with Gasteiger partial charge >= 0.3 is 0 Å². The first-order valence-electron chi connectivity index (χ1n) is 6.72. The van der Waals surface area contributed by atoms with E-state index in [0.717, 1.165) is 6.42 Å². The number of rotatable bonds is 7. The number of hydrogen-bond acceptors (Lipinski definition) is 4. The van der Waals surface area contributed by atoms with Crippen LogP contribution in [-0.4, -0.2) is 63.4 Å². The summed E-state index contributed by atoms with van der Waals surface area (Å²) < 4.78 is 10.4. The number of hydrogen-bond donors (Lipinski definition) is 1. The highest BCUT2D eigenvalue weighted by molar-refractivity contribution is 5.85. The summed E-state index contributed by atoms with van der Waals surface area (Å²) in [5.74, 6) is 0.744. The minimum Gasteiger partial charge on any atom is -0.383 e. The molecule has 1 atom stereocenters. The number of amides is 1. The van der Waals surface area contributed by atoms with E-state index in [2.05, 4.69) is 19.2 Å². The lowest BCUT2D eigenvalue weighted by atomic mass is 10.0. The molecule has 0 aromatic carbocycles. The molecule has 0 spiro atoms. The van der Waals surface area contributed by atoms with Crippen molar-refractivity contribution in [3.63, 3.8) is 0 Å². The Kier molecular flexibility index (Phi) is 10.2. The first-order valence-corrected chi connectivity index (χ1v) is 6.72. The molecule has 0 radical (unpaired) electrons. The van der Waals surface area contributed by atoms with E-state index in [0.29, 0.717) is 45.4 Å². The molecule has 1 amide bonds. The van der Waals surface area contributed by atoms with Crippen molar-refractivity contribution in [1.29, 1.82) is 0 Å². The number of carbonyl (C=O) groups excluding carboxylic acids is 1. The fraction of sp³-hybridized carbons (Fsp3) is 0.923. The monoisotopic (exact) mass is 294 g/mol. The average Bonchev–Trinajstić information content (AvgIpc) is 2.34. The molecular weight excluding hydrogens is 268 g/mol. The van der Waals surface area contributed by atoms with Crippen molar-refractivity contribution in [2.24, 2.45) is 5.92 Å². The lowest BCUT2D eigenvalue weighted by Gasteiger charge is -2.36. The number of nitrogens with zero attached hydrogens (tertiary/aromatic N) is 1. The van der Waals surface area contributed by atoms with Crippen molar-refractivity contribution >= 4 is 18.3 Å². The normalized spacial score (nSPS) is 19.4. The van der Waals surface area contributed by atoms with Crippen LogP contribution in [-0.2, 0) is 14.3 Å². The van der Waals surface area contributed by atoms with E-state index in [4.69, 9.17) is 9.47 Å². The maximum absolute atomic E-state index is 12.1. The zero-order valence-electron chi connectivity index (χ0n) is 12.2. The Hall–Kier alpha value is -0.360. The Morgan fingerprint density at radius 2 is 2.26 bits per heavy atom. The number of methoxy groups -OCH3 is 1. The highest BCUT2D eigenvalue weighted by atomic mass is 35.5. The summed E-state index contributed by atoms with van der Waals surface area (Å²) in [4.78, 5) is 14.1. The molecule has 1 N–H and O–H groups in total. The van der Waals surface area contributed by atoms with Gasteiger partial charge in [0.1, 0.15) is 0 Å². The van der Waals surface area contributed by atoms with Crippen molar-refractivity contribution in [3.8, 4) is 0 Å². The molecule has 0 aromatic heterocycles. The molecule has 0 aliphatic carbocycles. The van der Waals surface area contributed by atoms with Crippen LogP contribution in [0.2, 0.25) is 0 Å². The summed E-state index contributed by atoms with van der Waals surface area (Å²) in [6.07, 6.45) is 1.00. The van der Waals surface area contributed by atoms with Crippen LogP contribution in [0.3, 0.4) is 0 Å². The number of carbonyl (C=O) groups is 1. The van der Waals surface area contributed by atoms with Gasteiger partial charge in [0.2, 0.25) is 5.91 Å². The predicted octanol–water partition coefficient (Wildman–Crippen LogP) is 0.918. The van der Waals surface area contributed by atoms with Gasteiger partial charge < -0.3 is 19.7 Å². The van der Waals surface area contributed by atoms with E-state index in [-0.39, 0.29) is 24.4 Å². The second kappa shape index (κ2) is 10.4. The topological polar surface area (TPSA) is 50.8 Å². The van der Waals surface area contributed by atoms with Gasteiger partial charge in [0.25, 0.3) is 0 Å². The molecule has 0 saturated carbocycles. The van der Waals surface area contributed by atoms with E-state index in [1.54, 1.807) is 7.11 Å². The molecule has 5 nitrogen and oxygen atoms in total. The zero-order valence-corrected chi connectivity index (χ0v) is 13.0. The van der Waals surface area contributed by atoms with Crippen LogP contribution in [0.25, 0.3) is 0 Å². The fourth-order valence-electron chi connectivity index (χ4n) is 2.19. The van der Waals surface area contributed by atoms with Crippen LogP contribution in [0.1, 0.15) is 20.3 Å². The molecule has 114 valence electrons. The van der Waals surface area contributed by atoms with Gasteiger partial charge in [0, 0.05) is 20.2 Å². The van der Waals surface area contributed by atoms with Crippen LogP contribution < -0.4 is 5.32 Å². The van der Waals surface area contributed by atoms with Crippen LogP contribution in [0.5, 0.6) is 0 Å². The number of ether oxygens (including phenoxy) is 2. The molecule has 1 unspecified atom stereocenters. The Morgan fingerprint density at radius 3 is 2.89 bits per heavy atom. The van der Waals surface area contributed by atoms with Gasteiger partial charge in [-0.1, -0.05) is 13.8 Å². The minimum atomic E-state index is 0. The molecule has 1 heterocycles. The Morgan fingerprint density at radius 1 is 1.53 bits per heavy atom. The summed E-state index contributed by atoms with van der Waals surface area (Å²) in [6, 6.07) is 0.232. The number of morpholine rings is 1. The lowest BCUT2D eigenvalue weighted by molar-refractivity contribution is -0.139. The first-order chi connectivity index (χ1) is 8.65. The van der Waals surface area contributed by atoms with Gasteiger partial charge in [-0.25, -0.2) is 0 Å². The van der Waals surface area contributed by atoms with Gasteiger partial charge in [-0.15, -0.1) is 12.4 Å². The number of nitrogens with one attached hydrogen (secondary N) is 1. The zero-order chi connectivity index (χ0) is 13.4. The predicted molar refractivity (Wildman–Crippen MR) is 77.8 cm³/mol. The highest BCUT2D eigenvalue weighted by Gasteiger charge is 2.27. The molecule has 1 rings (SSSR count). The molecule has 1 aliphatic heterocycles. The molecule has 1 fully saturated rings. The van der Waals surface area contributed by atoms with Gasteiger partial charge in [-0.2, -0.15) is 0 Å². The van der Waals surface area contributed by atoms with E-state index < -0.39 is 0 Å². The molecular formula is C13H27ClN2O3. The third-order valence-corrected chi connectivity index (χ3v) is 3.05. The maximum atomic E-state index is 12.1.